The molecule has 0 spiro atoms. The average molecular weight is 330 g/mol. The van der Waals surface area contributed by atoms with Gasteiger partial charge in [0.25, 0.3) is 5.91 Å². The number of nitrogens with one attached hydrogen (secondary N) is 1. The van der Waals surface area contributed by atoms with Crippen LogP contribution in [-0.2, 0) is 11.8 Å². The van der Waals surface area contributed by atoms with E-state index in [-0.39, 0.29) is 18.1 Å². The molecule has 8 heteroatoms. The fourth-order valence-corrected chi connectivity index (χ4v) is 3.04. The minimum absolute atomic E-state index is 0.0912. The Morgan fingerprint density at radius 2 is 2.33 bits per heavy atom. The average Bonchev–Trinajstić information content (AvgIpc) is 3.18. The second-order valence-electron chi connectivity index (χ2n) is 5.92. The zero-order valence-corrected chi connectivity index (χ0v) is 13.8. The summed E-state index contributed by atoms with van der Waals surface area (Å²) in [5, 5.41) is 3.00. The molecule has 1 saturated heterocycles. The number of nitrogens with zero attached hydrogens (tertiary/aromatic N) is 4. The molecule has 3 rings (SSSR count). The first kappa shape index (κ1) is 16.3. The highest BCUT2D eigenvalue weighted by Gasteiger charge is 2.33. The molecule has 0 unspecified atom stereocenters. The number of methoxy groups -OCH3 is 1. The lowest BCUT2D eigenvalue weighted by atomic mass is 10.2. The number of rotatable bonds is 5. The molecule has 24 heavy (non-hydrogen) atoms. The van der Waals surface area contributed by atoms with E-state index in [2.05, 4.69) is 20.2 Å². The summed E-state index contributed by atoms with van der Waals surface area (Å²) in [5.74, 6) is 1.08. The lowest BCUT2D eigenvalue weighted by molar-refractivity contribution is 0.0938. The normalized spacial score (nSPS) is 20.3. The van der Waals surface area contributed by atoms with Gasteiger partial charge in [-0.1, -0.05) is 0 Å². The summed E-state index contributed by atoms with van der Waals surface area (Å²) in [5.41, 5.74) is 6.39. The summed E-state index contributed by atoms with van der Waals surface area (Å²) < 4.78 is 7.28. The van der Waals surface area contributed by atoms with Crippen LogP contribution in [0.25, 0.3) is 0 Å². The first-order valence-electron chi connectivity index (χ1n) is 7.85. The summed E-state index contributed by atoms with van der Waals surface area (Å²) in [6.07, 6.45) is 4.21. The number of ether oxygens (including phenoxy) is 1. The Hall–Kier alpha value is -2.61. The van der Waals surface area contributed by atoms with Gasteiger partial charge in [0, 0.05) is 39.5 Å². The Balaban J connectivity index is 1.70. The Bertz CT molecular complexity index is 716. The van der Waals surface area contributed by atoms with Crippen molar-refractivity contribution in [3.63, 3.8) is 0 Å². The van der Waals surface area contributed by atoms with Crippen molar-refractivity contribution in [3.05, 3.63) is 36.4 Å². The smallest absolute Gasteiger partial charge is 0.267 e. The highest BCUT2D eigenvalue weighted by molar-refractivity contribution is 5.92. The molecule has 1 aliphatic rings. The van der Waals surface area contributed by atoms with Crippen molar-refractivity contribution in [3.8, 4) is 0 Å². The lowest BCUT2D eigenvalue weighted by Crippen LogP contribution is -2.41. The molecule has 0 saturated carbocycles. The first-order valence-corrected chi connectivity index (χ1v) is 7.85. The molecule has 0 aliphatic carbocycles. The van der Waals surface area contributed by atoms with Gasteiger partial charge in [-0.25, -0.2) is 9.97 Å². The molecular formula is C16H22N6O2. The van der Waals surface area contributed by atoms with E-state index in [1.165, 1.54) is 6.33 Å². The number of carbonyl (C=O) groups excluding carboxylic acids is 1. The third-order valence-electron chi connectivity index (χ3n) is 4.35. The summed E-state index contributed by atoms with van der Waals surface area (Å²) in [6, 6.07) is 5.48. The fourth-order valence-electron chi connectivity index (χ4n) is 3.04. The Labute approximate surface area is 140 Å². The zero-order chi connectivity index (χ0) is 17.1. The molecule has 3 N–H and O–H groups in total. The highest BCUT2D eigenvalue weighted by atomic mass is 16.5. The maximum Gasteiger partial charge on any atom is 0.267 e. The number of hydrogen-bond acceptors (Lipinski definition) is 6. The monoisotopic (exact) mass is 330 g/mol. The topological polar surface area (TPSA) is 98.3 Å². The molecule has 1 fully saturated rings. The van der Waals surface area contributed by atoms with Crippen LogP contribution in [0.2, 0.25) is 0 Å². The van der Waals surface area contributed by atoms with Gasteiger partial charge in [-0.3, -0.25) is 4.79 Å². The summed E-state index contributed by atoms with van der Waals surface area (Å²) in [4.78, 5) is 22.6. The van der Waals surface area contributed by atoms with Crippen LogP contribution in [-0.4, -0.2) is 52.8 Å². The predicted molar refractivity (Wildman–Crippen MR) is 90.7 cm³/mol. The van der Waals surface area contributed by atoms with E-state index in [0.29, 0.717) is 24.6 Å². The van der Waals surface area contributed by atoms with Crippen LogP contribution in [0, 0.1) is 0 Å². The minimum atomic E-state index is -0.0921. The third kappa shape index (κ3) is 3.33. The Morgan fingerprint density at radius 3 is 3.00 bits per heavy atom. The quantitative estimate of drug-likeness (QED) is 0.824. The van der Waals surface area contributed by atoms with Crippen LogP contribution in [0.1, 0.15) is 16.9 Å². The Kier molecular flexibility index (Phi) is 4.66. The van der Waals surface area contributed by atoms with E-state index in [1.54, 1.807) is 23.8 Å². The van der Waals surface area contributed by atoms with Gasteiger partial charge in [0.05, 0.1) is 12.1 Å². The molecule has 128 valence electrons. The van der Waals surface area contributed by atoms with Gasteiger partial charge in [0.15, 0.2) is 0 Å². The van der Waals surface area contributed by atoms with Crippen molar-refractivity contribution in [2.24, 2.45) is 7.05 Å². The molecule has 0 aromatic carbocycles. The van der Waals surface area contributed by atoms with Gasteiger partial charge in [0.1, 0.15) is 23.7 Å². The number of hydrogen-bond donors (Lipinski definition) is 2. The maximum atomic E-state index is 12.3. The van der Waals surface area contributed by atoms with Crippen LogP contribution in [0.5, 0.6) is 0 Å². The van der Waals surface area contributed by atoms with E-state index in [4.69, 9.17) is 10.5 Å². The molecule has 2 atom stereocenters. The number of amides is 1. The van der Waals surface area contributed by atoms with Crippen LogP contribution < -0.4 is 16.0 Å². The van der Waals surface area contributed by atoms with Gasteiger partial charge >= 0.3 is 0 Å². The summed E-state index contributed by atoms with van der Waals surface area (Å²) >= 11 is 0. The zero-order valence-electron chi connectivity index (χ0n) is 13.8. The van der Waals surface area contributed by atoms with Gasteiger partial charge < -0.3 is 25.3 Å². The predicted octanol–water partition coefficient (Wildman–Crippen LogP) is 0.421. The summed E-state index contributed by atoms with van der Waals surface area (Å²) in [6.45, 7) is 1.21. The van der Waals surface area contributed by atoms with Crippen molar-refractivity contribution < 1.29 is 9.53 Å². The van der Waals surface area contributed by atoms with Crippen LogP contribution in [0.15, 0.2) is 30.7 Å². The Morgan fingerprint density at radius 1 is 1.50 bits per heavy atom. The fraction of sp³-hybridized carbons (Fsp3) is 0.438. The number of nitrogen functional groups attached to an aromatic ring is 1. The van der Waals surface area contributed by atoms with Gasteiger partial charge in [-0.15, -0.1) is 0 Å². The molecule has 1 amide bonds. The van der Waals surface area contributed by atoms with E-state index in [9.17, 15) is 4.79 Å². The number of carbonyl (C=O) groups is 1. The third-order valence-corrected chi connectivity index (χ3v) is 4.35. The molecule has 0 bridgehead atoms. The van der Waals surface area contributed by atoms with Crippen molar-refractivity contribution in [1.29, 1.82) is 0 Å². The number of aromatic nitrogens is 3. The molecule has 3 heterocycles. The SMILES string of the molecule is CO[C@@H]1C[C@H](CNC(=O)c2cccn2C)N(c2cc(N)ncn2)C1. The van der Waals surface area contributed by atoms with E-state index >= 15 is 0 Å². The molecule has 2 aromatic heterocycles. The first-order chi connectivity index (χ1) is 11.6. The lowest BCUT2D eigenvalue weighted by Gasteiger charge is -2.25. The minimum Gasteiger partial charge on any atom is -0.384 e. The molecule has 8 nitrogen and oxygen atoms in total. The number of anilines is 2. The van der Waals surface area contributed by atoms with Crippen molar-refractivity contribution >= 4 is 17.5 Å². The van der Waals surface area contributed by atoms with Crippen molar-refractivity contribution in [2.45, 2.75) is 18.6 Å². The second kappa shape index (κ2) is 6.88. The van der Waals surface area contributed by atoms with Crippen LogP contribution >= 0.6 is 0 Å². The molecule has 1 aliphatic heterocycles. The highest BCUT2D eigenvalue weighted by Crippen LogP contribution is 2.25. The molecular weight excluding hydrogens is 308 g/mol. The van der Waals surface area contributed by atoms with Gasteiger partial charge in [-0.05, 0) is 18.6 Å². The van der Waals surface area contributed by atoms with Crippen molar-refractivity contribution in [2.75, 3.05) is 30.8 Å². The van der Waals surface area contributed by atoms with E-state index in [0.717, 1.165) is 12.2 Å². The largest absolute Gasteiger partial charge is 0.384 e. The van der Waals surface area contributed by atoms with E-state index < -0.39 is 0 Å². The second-order valence-corrected chi connectivity index (χ2v) is 5.92. The standard InChI is InChI=1S/C16H22N6O2/c1-21-5-3-4-13(21)16(23)18-8-11-6-12(24-2)9-22(11)15-7-14(17)19-10-20-15/h3-5,7,10-12H,6,8-9H2,1-2H3,(H,18,23)(H2,17,19,20)/t11-,12-/m1/s1. The van der Waals surface area contributed by atoms with Crippen molar-refractivity contribution in [1.82, 2.24) is 19.9 Å². The number of nitrogens with two attached hydrogens (primary N) is 1. The van der Waals surface area contributed by atoms with E-state index in [1.807, 2.05) is 19.3 Å². The molecule has 2 aromatic rings. The maximum absolute atomic E-state index is 12.3. The summed E-state index contributed by atoms with van der Waals surface area (Å²) in [7, 11) is 3.55. The number of aryl methyl sites for hydroxylation is 1. The molecule has 0 radical (unpaired) electrons. The van der Waals surface area contributed by atoms with Crippen LogP contribution in [0.3, 0.4) is 0 Å². The van der Waals surface area contributed by atoms with Gasteiger partial charge in [0.2, 0.25) is 0 Å². The van der Waals surface area contributed by atoms with Gasteiger partial charge in [-0.2, -0.15) is 0 Å². The van der Waals surface area contributed by atoms with Crippen LogP contribution in [0.4, 0.5) is 11.6 Å².